The number of nitrogens with zero attached hydrogens (tertiary/aromatic N) is 1. The Labute approximate surface area is 113 Å². The van der Waals surface area contributed by atoms with Gasteiger partial charge in [-0.2, -0.15) is 0 Å². The van der Waals surface area contributed by atoms with E-state index in [2.05, 4.69) is 4.74 Å². The largest absolute Gasteiger partial charge is 0.479 e. The third-order valence-corrected chi connectivity index (χ3v) is 3.34. The van der Waals surface area contributed by atoms with Gasteiger partial charge in [-0.1, -0.05) is 13.8 Å². The first kappa shape index (κ1) is 15.3. The Hall–Kier alpha value is -1.78. The molecule has 1 atom stereocenters. The number of hydrogen-bond donors (Lipinski definition) is 1. The highest BCUT2D eigenvalue weighted by molar-refractivity contribution is 5.89. The molecule has 0 aliphatic carbocycles. The molecule has 0 aliphatic heterocycles. The molecule has 1 N–H and O–H groups in total. The van der Waals surface area contributed by atoms with Crippen molar-refractivity contribution in [3.8, 4) is 0 Å². The third kappa shape index (κ3) is 3.16. The van der Waals surface area contributed by atoms with Crippen molar-refractivity contribution in [3.63, 3.8) is 0 Å². The molecular formula is C14H21NO4. The van der Waals surface area contributed by atoms with E-state index >= 15 is 0 Å². The second-order valence-electron chi connectivity index (χ2n) is 5.27. The molecule has 1 heterocycles. The maximum absolute atomic E-state index is 11.7. The Morgan fingerprint density at radius 2 is 2.11 bits per heavy atom. The van der Waals surface area contributed by atoms with Gasteiger partial charge < -0.3 is 14.4 Å². The number of ether oxygens (including phenoxy) is 1. The maximum atomic E-state index is 11.7. The molecule has 1 aromatic heterocycles. The maximum Gasteiger partial charge on any atom is 0.354 e. The van der Waals surface area contributed by atoms with Gasteiger partial charge in [-0.25, -0.2) is 9.59 Å². The highest BCUT2D eigenvalue weighted by Crippen LogP contribution is 2.27. The first-order valence-corrected chi connectivity index (χ1v) is 6.32. The molecule has 106 valence electrons. The number of aromatic nitrogens is 1. The predicted octanol–water partition coefficient (Wildman–Crippen LogP) is 2.51. The molecule has 0 radical (unpaired) electrons. The number of hydrogen-bond acceptors (Lipinski definition) is 3. The van der Waals surface area contributed by atoms with Crippen molar-refractivity contribution < 1.29 is 19.4 Å². The average molecular weight is 267 g/mol. The summed E-state index contributed by atoms with van der Waals surface area (Å²) < 4.78 is 6.17. The fourth-order valence-corrected chi connectivity index (χ4v) is 1.98. The number of carbonyl (C=O) groups excluding carboxylic acids is 1. The first-order valence-electron chi connectivity index (χ1n) is 6.32. The van der Waals surface area contributed by atoms with E-state index in [4.69, 9.17) is 0 Å². The lowest BCUT2D eigenvalue weighted by atomic mass is 9.91. The summed E-state index contributed by atoms with van der Waals surface area (Å²) in [4.78, 5) is 23.3. The van der Waals surface area contributed by atoms with Crippen molar-refractivity contribution in [2.24, 2.45) is 5.92 Å². The van der Waals surface area contributed by atoms with E-state index in [0.29, 0.717) is 12.3 Å². The molecule has 1 rings (SSSR count). The van der Waals surface area contributed by atoms with Crippen LogP contribution in [0, 0.1) is 5.92 Å². The molecule has 0 saturated heterocycles. The summed E-state index contributed by atoms with van der Waals surface area (Å²) in [7, 11) is 1.28. The van der Waals surface area contributed by atoms with Crippen LogP contribution in [0.1, 0.15) is 44.1 Å². The standard InChI is InChI=1S/C14H21NO4/c1-10(2)7-8-14(3,13(17)18)15-9-5-6-11(15)12(16)19-4/h5-6,9-10H,7-8H2,1-4H3,(H,17,18). The number of methoxy groups -OCH3 is 1. The van der Waals surface area contributed by atoms with E-state index in [1.165, 1.54) is 11.7 Å². The summed E-state index contributed by atoms with van der Waals surface area (Å²) in [6.45, 7) is 5.71. The SMILES string of the molecule is COC(=O)c1cccn1C(C)(CCC(C)C)C(=O)O. The fraction of sp³-hybridized carbons (Fsp3) is 0.571. The monoisotopic (exact) mass is 267 g/mol. The van der Waals surface area contributed by atoms with Crippen LogP contribution in [0.3, 0.4) is 0 Å². The zero-order valence-electron chi connectivity index (χ0n) is 11.8. The van der Waals surface area contributed by atoms with Crippen LogP contribution in [0.15, 0.2) is 18.3 Å². The van der Waals surface area contributed by atoms with E-state index in [1.807, 2.05) is 13.8 Å². The topological polar surface area (TPSA) is 68.5 Å². The van der Waals surface area contributed by atoms with Crippen LogP contribution >= 0.6 is 0 Å². The number of carboxylic acid groups (broad SMARTS) is 1. The van der Waals surface area contributed by atoms with Crippen LogP contribution in [0.5, 0.6) is 0 Å². The molecule has 0 aromatic carbocycles. The van der Waals surface area contributed by atoms with Crippen LogP contribution in [-0.4, -0.2) is 28.7 Å². The van der Waals surface area contributed by atoms with Crippen molar-refractivity contribution in [1.82, 2.24) is 4.57 Å². The molecule has 5 heteroatoms. The molecule has 0 aliphatic rings. The summed E-state index contributed by atoms with van der Waals surface area (Å²) in [5, 5.41) is 9.52. The summed E-state index contributed by atoms with van der Waals surface area (Å²) >= 11 is 0. The number of esters is 1. The van der Waals surface area contributed by atoms with Crippen molar-refractivity contribution in [2.75, 3.05) is 7.11 Å². The highest BCUT2D eigenvalue weighted by atomic mass is 16.5. The minimum atomic E-state index is -1.14. The molecule has 0 amide bonds. The predicted molar refractivity (Wildman–Crippen MR) is 71.1 cm³/mol. The summed E-state index contributed by atoms with van der Waals surface area (Å²) in [6.07, 6.45) is 2.83. The van der Waals surface area contributed by atoms with Gasteiger partial charge in [-0.05, 0) is 37.8 Å². The average Bonchev–Trinajstić information content (AvgIpc) is 2.84. The zero-order chi connectivity index (χ0) is 14.6. The van der Waals surface area contributed by atoms with Gasteiger partial charge in [0.1, 0.15) is 11.2 Å². The number of carboxylic acids is 1. The molecule has 5 nitrogen and oxygen atoms in total. The lowest BCUT2D eigenvalue weighted by Gasteiger charge is -2.29. The van der Waals surface area contributed by atoms with Crippen LogP contribution in [0.4, 0.5) is 0 Å². The normalized spacial score (nSPS) is 14.2. The van der Waals surface area contributed by atoms with Crippen LogP contribution in [0.25, 0.3) is 0 Å². The molecular weight excluding hydrogens is 246 g/mol. The molecule has 1 aromatic rings. The molecule has 0 saturated carbocycles. The van der Waals surface area contributed by atoms with E-state index in [1.54, 1.807) is 25.3 Å². The van der Waals surface area contributed by atoms with E-state index < -0.39 is 17.5 Å². The van der Waals surface area contributed by atoms with Gasteiger partial charge in [0.2, 0.25) is 0 Å². The van der Waals surface area contributed by atoms with Crippen LogP contribution in [0.2, 0.25) is 0 Å². The molecule has 0 fully saturated rings. The summed E-state index contributed by atoms with van der Waals surface area (Å²) in [5.74, 6) is -1.08. The van der Waals surface area contributed by atoms with Crippen molar-refractivity contribution in [2.45, 2.75) is 39.2 Å². The smallest absolute Gasteiger partial charge is 0.354 e. The van der Waals surface area contributed by atoms with Crippen molar-refractivity contribution in [1.29, 1.82) is 0 Å². The van der Waals surface area contributed by atoms with Gasteiger partial charge in [0.05, 0.1) is 7.11 Å². The Bertz CT molecular complexity index is 464. The molecule has 0 bridgehead atoms. The van der Waals surface area contributed by atoms with Gasteiger partial charge in [-0.15, -0.1) is 0 Å². The van der Waals surface area contributed by atoms with Crippen LogP contribution < -0.4 is 0 Å². The Morgan fingerprint density at radius 3 is 2.58 bits per heavy atom. The van der Waals surface area contributed by atoms with E-state index in [9.17, 15) is 14.7 Å². The molecule has 1 unspecified atom stereocenters. The van der Waals surface area contributed by atoms with Gasteiger partial charge in [0, 0.05) is 6.20 Å². The quantitative estimate of drug-likeness (QED) is 0.804. The lowest BCUT2D eigenvalue weighted by molar-refractivity contribution is -0.147. The van der Waals surface area contributed by atoms with E-state index in [0.717, 1.165) is 6.42 Å². The summed E-state index contributed by atoms with van der Waals surface area (Å²) in [6, 6.07) is 3.23. The molecule has 0 spiro atoms. The minimum Gasteiger partial charge on any atom is -0.479 e. The first-order chi connectivity index (χ1) is 8.82. The van der Waals surface area contributed by atoms with Crippen molar-refractivity contribution in [3.05, 3.63) is 24.0 Å². The number of aliphatic carboxylic acids is 1. The fourth-order valence-electron chi connectivity index (χ4n) is 1.98. The van der Waals surface area contributed by atoms with Crippen molar-refractivity contribution >= 4 is 11.9 Å². The number of rotatable bonds is 6. The van der Waals surface area contributed by atoms with Gasteiger partial charge in [-0.3, -0.25) is 0 Å². The minimum absolute atomic E-state index is 0.260. The Kier molecular flexibility index (Phi) is 4.75. The second-order valence-corrected chi connectivity index (χ2v) is 5.27. The second kappa shape index (κ2) is 5.91. The lowest BCUT2D eigenvalue weighted by Crippen LogP contribution is -2.40. The van der Waals surface area contributed by atoms with Crippen LogP contribution in [-0.2, 0) is 15.1 Å². The van der Waals surface area contributed by atoms with E-state index in [-0.39, 0.29) is 5.69 Å². The third-order valence-electron chi connectivity index (χ3n) is 3.34. The Balaban J connectivity index is 3.16. The van der Waals surface area contributed by atoms with Gasteiger partial charge in [0.15, 0.2) is 0 Å². The summed E-state index contributed by atoms with van der Waals surface area (Å²) in [5.41, 5.74) is -0.881. The van der Waals surface area contributed by atoms with Gasteiger partial charge >= 0.3 is 11.9 Å². The van der Waals surface area contributed by atoms with Gasteiger partial charge in [0.25, 0.3) is 0 Å². The molecule has 19 heavy (non-hydrogen) atoms. The Morgan fingerprint density at radius 1 is 1.47 bits per heavy atom. The highest BCUT2D eigenvalue weighted by Gasteiger charge is 2.37. The number of carbonyl (C=O) groups is 2. The zero-order valence-corrected chi connectivity index (χ0v) is 11.8.